The number of ether oxygens (including phenoxy) is 1. The van der Waals surface area contributed by atoms with Crippen molar-refractivity contribution in [3.05, 3.63) is 58.1 Å². The van der Waals surface area contributed by atoms with Gasteiger partial charge in [-0.05, 0) is 36.8 Å². The lowest BCUT2D eigenvalue weighted by atomic mass is 10.2. The number of nitro groups is 1. The standard InChI is InChI=1S/C18H21N3O6S/c1-13-4-3-5-14(10-13)27-9-8-19-18(22)12-20-16-7-6-15(28(2,25)26)11-17(16)21(23)24/h3-7,10-11,20H,8-9,12H2,1-2H3,(H,19,22). The van der Waals surface area contributed by atoms with Gasteiger partial charge in [0.25, 0.3) is 5.69 Å². The number of rotatable bonds is 9. The van der Waals surface area contributed by atoms with E-state index in [0.717, 1.165) is 17.9 Å². The van der Waals surface area contributed by atoms with E-state index < -0.39 is 20.4 Å². The average molecular weight is 407 g/mol. The summed E-state index contributed by atoms with van der Waals surface area (Å²) < 4.78 is 28.6. The molecule has 0 radical (unpaired) electrons. The van der Waals surface area contributed by atoms with Crippen molar-refractivity contribution in [3.8, 4) is 5.75 Å². The second kappa shape index (κ2) is 9.18. The van der Waals surface area contributed by atoms with Gasteiger partial charge in [-0.3, -0.25) is 14.9 Å². The highest BCUT2D eigenvalue weighted by Crippen LogP contribution is 2.27. The molecule has 0 aromatic heterocycles. The van der Waals surface area contributed by atoms with Crippen LogP contribution < -0.4 is 15.4 Å². The van der Waals surface area contributed by atoms with E-state index in [1.165, 1.54) is 12.1 Å². The molecule has 0 spiro atoms. The van der Waals surface area contributed by atoms with Gasteiger partial charge in [-0.2, -0.15) is 0 Å². The molecule has 2 aromatic carbocycles. The predicted molar refractivity (Wildman–Crippen MR) is 104 cm³/mol. The lowest BCUT2D eigenvalue weighted by Gasteiger charge is -2.10. The minimum Gasteiger partial charge on any atom is -0.492 e. The van der Waals surface area contributed by atoms with Crippen molar-refractivity contribution in [1.82, 2.24) is 5.32 Å². The van der Waals surface area contributed by atoms with Gasteiger partial charge in [-0.15, -0.1) is 0 Å². The Balaban J connectivity index is 1.86. The molecule has 1 amide bonds. The number of carbonyl (C=O) groups is 1. The molecule has 2 N–H and O–H groups in total. The van der Waals surface area contributed by atoms with Gasteiger partial charge < -0.3 is 15.4 Å². The molecule has 0 fully saturated rings. The fourth-order valence-corrected chi connectivity index (χ4v) is 2.99. The van der Waals surface area contributed by atoms with Crippen molar-refractivity contribution in [2.24, 2.45) is 0 Å². The zero-order valence-corrected chi connectivity index (χ0v) is 16.3. The van der Waals surface area contributed by atoms with E-state index in [1.807, 2.05) is 31.2 Å². The zero-order chi connectivity index (χ0) is 20.7. The Bertz CT molecular complexity index is 975. The second-order valence-electron chi connectivity index (χ2n) is 6.08. The van der Waals surface area contributed by atoms with E-state index in [9.17, 15) is 23.3 Å². The third-order valence-corrected chi connectivity index (χ3v) is 4.83. The minimum atomic E-state index is -3.57. The quantitative estimate of drug-likeness (QED) is 0.369. The van der Waals surface area contributed by atoms with Crippen molar-refractivity contribution in [3.63, 3.8) is 0 Å². The monoisotopic (exact) mass is 407 g/mol. The minimum absolute atomic E-state index is 0.0589. The highest BCUT2D eigenvalue weighted by Gasteiger charge is 2.19. The summed E-state index contributed by atoms with van der Waals surface area (Å²) in [6.07, 6.45) is 0.964. The van der Waals surface area contributed by atoms with E-state index in [4.69, 9.17) is 4.74 Å². The van der Waals surface area contributed by atoms with Crippen LogP contribution in [0.4, 0.5) is 11.4 Å². The molecule has 150 valence electrons. The van der Waals surface area contributed by atoms with Crippen LogP contribution in [0.5, 0.6) is 5.75 Å². The highest BCUT2D eigenvalue weighted by atomic mass is 32.2. The Morgan fingerprint density at radius 1 is 1.21 bits per heavy atom. The number of amides is 1. The summed E-state index contributed by atoms with van der Waals surface area (Å²) in [6, 6.07) is 11.0. The Morgan fingerprint density at radius 2 is 1.96 bits per heavy atom. The smallest absolute Gasteiger partial charge is 0.293 e. The molecule has 0 unspecified atom stereocenters. The lowest BCUT2D eigenvalue weighted by molar-refractivity contribution is -0.384. The van der Waals surface area contributed by atoms with Crippen LogP contribution in [0.1, 0.15) is 5.56 Å². The number of nitro benzene ring substituents is 1. The van der Waals surface area contributed by atoms with Crippen molar-refractivity contribution < 1.29 is 22.9 Å². The number of hydrogen-bond donors (Lipinski definition) is 2. The molecule has 2 rings (SSSR count). The van der Waals surface area contributed by atoms with Gasteiger partial charge in [-0.25, -0.2) is 8.42 Å². The van der Waals surface area contributed by atoms with Crippen LogP contribution in [0.15, 0.2) is 47.4 Å². The Labute approximate surface area is 162 Å². The summed E-state index contributed by atoms with van der Waals surface area (Å²) in [5.74, 6) is 0.322. The molecule has 0 aliphatic carbocycles. The molecule has 0 heterocycles. The SMILES string of the molecule is Cc1cccc(OCCNC(=O)CNc2ccc(S(C)(=O)=O)cc2[N+](=O)[O-])c1. The zero-order valence-electron chi connectivity index (χ0n) is 15.5. The molecule has 0 aliphatic heterocycles. The van der Waals surface area contributed by atoms with Crippen LogP contribution in [-0.2, 0) is 14.6 Å². The van der Waals surface area contributed by atoms with E-state index in [0.29, 0.717) is 5.75 Å². The molecule has 0 atom stereocenters. The maximum Gasteiger partial charge on any atom is 0.293 e. The first kappa shape index (κ1) is 21.2. The van der Waals surface area contributed by atoms with E-state index in [1.54, 1.807) is 0 Å². The van der Waals surface area contributed by atoms with Gasteiger partial charge >= 0.3 is 0 Å². The summed E-state index contributed by atoms with van der Waals surface area (Å²) in [6.45, 7) is 2.29. The summed E-state index contributed by atoms with van der Waals surface area (Å²) in [5, 5.41) is 16.4. The van der Waals surface area contributed by atoms with Crippen LogP contribution in [0.3, 0.4) is 0 Å². The van der Waals surface area contributed by atoms with Crippen molar-refractivity contribution in [2.75, 3.05) is 31.3 Å². The molecular formula is C18H21N3O6S. The topological polar surface area (TPSA) is 128 Å². The van der Waals surface area contributed by atoms with Gasteiger partial charge in [0.1, 0.15) is 18.0 Å². The number of nitrogens with zero attached hydrogens (tertiary/aromatic N) is 1. The maximum atomic E-state index is 11.9. The van der Waals surface area contributed by atoms with Gasteiger partial charge in [-0.1, -0.05) is 12.1 Å². The Morgan fingerprint density at radius 3 is 2.61 bits per heavy atom. The molecule has 0 aliphatic rings. The van der Waals surface area contributed by atoms with E-state index in [2.05, 4.69) is 10.6 Å². The fourth-order valence-electron chi connectivity index (χ4n) is 2.35. The van der Waals surface area contributed by atoms with E-state index in [-0.39, 0.29) is 36.2 Å². The fraction of sp³-hybridized carbons (Fsp3) is 0.278. The average Bonchev–Trinajstić information content (AvgIpc) is 2.62. The normalized spacial score (nSPS) is 10.9. The summed E-state index contributed by atoms with van der Waals surface area (Å²) >= 11 is 0. The number of carbonyl (C=O) groups excluding carboxylic acids is 1. The van der Waals surface area contributed by atoms with Gasteiger partial charge in [0.15, 0.2) is 9.84 Å². The predicted octanol–water partition coefficient (Wildman–Crippen LogP) is 1.91. The molecule has 9 nitrogen and oxygen atoms in total. The third-order valence-electron chi connectivity index (χ3n) is 3.72. The molecule has 0 bridgehead atoms. The number of anilines is 1. The van der Waals surface area contributed by atoms with Crippen molar-refractivity contribution in [2.45, 2.75) is 11.8 Å². The molecule has 2 aromatic rings. The lowest BCUT2D eigenvalue weighted by Crippen LogP contribution is -2.33. The van der Waals surface area contributed by atoms with E-state index >= 15 is 0 Å². The molecule has 10 heteroatoms. The Hall–Kier alpha value is -3.14. The number of hydrogen-bond acceptors (Lipinski definition) is 7. The maximum absolute atomic E-state index is 11.9. The molecule has 28 heavy (non-hydrogen) atoms. The number of aryl methyl sites for hydroxylation is 1. The largest absolute Gasteiger partial charge is 0.492 e. The summed E-state index contributed by atoms with van der Waals surface area (Å²) in [4.78, 5) is 22.2. The van der Waals surface area contributed by atoms with Crippen LogP contribution in [-0.4, -0.2) is 45.2 Å². The first-order chi connectivity index (χ1) is 13.2. The molecular weight excluding hydrogens is 386 g/mol. The van der Waals surface area contributed by atoms with Gasteiger partial charge in [0.05, 0.1) is 22.9 Å². The van der Waals surface area contributed by atoms with Crippen molar-refractivity contribution in [1.29, 1.82) is 0 Å². The first-order valence-corrected chi connectivity index (χ1v) is 10.2. The van der Waals surface area contributed by atoms with Gasteiger partial charge in [0.2, 0.25) is 5.91 Å². The Kier molecular flexibility index (Phi) is 6.94. The van der Waals surface area contributed by atoms with Gasteiger partial charge in [0, 0.05) is 12.3 Å². The summed E-state index contributed by atoms with van der Waals surface area (Å²) in [7, 11) is -3.57. The number of benzene rings is 2. The third kappa shape index (κ3) is 6.23. The van der Waals surface area contributed by atoms with Crippen LogP contribution >= 0.6 is 0 Å². The van der Waals surface area contributed by atoms with Crippen molar-refractivity contribution >= 4 is 27.1 Å². The van der Waals surface area contributed by atoms with Crippen LogP contribution in [0, 0.1) is 17.0 Å². The van der Waals surface area contributed by atoms with Crippen LogP contribution in [0.25, 0.3) is 0 Å². The molecule has 0 saturated heterocycles. The first-order valence-electron chi connectivity index (χ1n) is 8.35. The summed E-state index contributed by atoms with van der Waals surface area (Å²) in [5.41, 5.74) is 0.705. The second-order valence-corrected chi connectivity index (χ2v) is 8.09. The number of nitrogens with one attached hydrogen (secondary N) is 2. The number of sulfone groups is 1. The highest BCUT2D eigenvalue weighted by molar-refractivity contribution is 7.90. The van der Waals surface area contributed by atoms with Crippen LogP contribution in [0.2, 0.25) is 0 Å². The molecule has 0 saturated carbocycles.